The SMILES string of the molecule is CC(C)C(C)NC(=O)CSc1nnc(-c2ccccc2Cl)n1-c1ccccc1F. The van der Waals surface area contributed by atoms with Crippen LogP contribution in [0.15, 0.2) is 53.7 Å². The zero-order valence-corrected chi connectivity index (χ0v) is 18.0. The fourth-order valence-electron chi connectivity index (χ4n) is 2.62. The Balaban J connectivity index is 1.95. The summed E-state index contributed by atoms with van der Waals surface area (Å²) >= 11 is 7.54. The van der Waals surface area contributed by atoms with E-state index in [0.717, 1.165) is 0 Å². The number of benzene rings is 2. The van der Waals surface area contributed by atoms with Crippen molar-refractivity contribution < 1.29 is 9.18 Å². The van der Waals surface area contributed by atoms with E-state index in [1.165, 1.54) is 17.8 Å². The molecule has 1 aromatic heterocycles. The van der Waals surface area contributed by atoms with Crippen LogP contribution in [0.3, 0.4) is 0 Å². The Morgan fingerprint density at radius 2 is 1.83 bits per heavy atom. The molecule has 3 aromatic rings. The number of rotatable bonds is 7. The third-order valence-electron chi connectivity index (χ3n) is 4.56. The second-order valence-corrected chi connectivity index (χ2v) is 8.31. The highest BCUT2D eigenvalue weighted by atomic mass is 35.5. The average Bonchev–Trinajstić information content (AvgIpc) is 3.10. The molecule has 152 valence electrons. The highest BCUT2D eigenvalue weighted by Crippen LogP contribution is 2.32. The van der Waals surface area contributed by atoms with Crippen molar-refractivity contribution in [3.05, 3.63) is 59.4 Å². The second kappa shape index (κ2) is 9.41. The number of aromatic nitrogens is 3. The summed E-state index contributed by atoms with van der Waals surface area (Å²) in [6.07, 6.45) is 0. The van der Waals surface area contributed by atoms with Crippen molar-refractivity contribution in [2.24, 2.45) is 5.92 Å². The summed E-state index contributed by atoms with van der Waals surface area (Å²) in [5.41, 5.74) is 0.931. The van der Waals surface area contributed by atoms with Crippen LogP contribution in [0.4, 0.5) is 4.39 Å². The summed E-state index contributed by atoms with van der Waals surface area (Å²) in [6, 6.07) is 13.6. The molecule has 1 unspecified atom stereocenters. The Morgan fingerprint density at radius 1 is 1.14 bits per heavy atom. The van der Waals surface area contributed by atoms with Crippen LogP contribution in [-0.2, 0) is 4.79 Å². The minimum absolute atomic E-state index is 0.0613. The van der Waals surface area contributed by atoms with Crippen molar-refractivity contribution in [2.45, 2.75) is 32.0 Å². The molecule has 1 atom stereocenters. The number of hydrogen-bond acceptors (Lipinski definition) is 4. The van der Waals surface area contributed by atoms with Gasteiger partial charge in [-0.1, -0.05) is 61.5 Å². The molecule has 0 aliphatic rings. The number of amides is 1. The van der Waals surface area contributed by atoms with Crippen LogP contribution in [0.1, 0.15) is 20.8 Å². The van der Waals surface area contributed by atoms with Crippen molar-refractivity contribution >= 4 is 29.3 Å². The minimum atomic E-state index is -0.416. The standard InChI is InChI=1S/C21H22ClFN4OS/c1-13(2)14(3)24-19(28)12-29-21-26-25-20(15-8-4-5-9-16(15)22)27(21)18-11-7-6-10-17(18)23/h4-11,13-14H,12H2,1-3H3,(H,24,28). The Bertz CT molecular complexity index is 1010. The molecule has 1 amide bonds. The van der Waals surface area contributed by atoms with Gasteiger partial charge in [-0.3, -0.25) is 9.36 Å². The Kier molecular flexibility index (Phi) is 6.92. The van der Waals surface area contributed by atoms with Gasteiger partial charge in [0, 0.05) is 11.6 Å². The summed E-state index contributed by atoms with van der Waals surface area (Å²) in [7, 11) is 0. The van der Waals surface area contributed by atoms with Crippen molar-refractivity contribution in [2.75, 3.05) is 5.75 Å². The van der Waals surface area contributed by atoms with Crippen LogP contribution >= 0.6 is 23.4 Å². The van der Waals surface area contributed by atoms with Gasteiger partial charge in [0.2, 0.25) is 5.91 Å². The first-order valence-corrected chi connectivity index (χ1v) is 10.6. The fourth-order valence-corrected chi connectivity index (χ4v) is 3.60. The minimum Gasteiger partial charge on any atom is -0.353 e. The second-order valence-electron chi connectivity index (χ2n) is 6.96. The van der Waals surface area contributed by atoms with Gasteiger partial charge in [0.15, 0.2) is 11.0 Å². The van der Waals surface area contributed by atoms with Gasteiger partial charge in [-0.15, -0.1) is 10.2 Å². The van der Waals surface area contributed by atoms with Crippen LogP contribution < -0.4 is 5.32 Å². The lowest BCUT2D eigenvalue weighted by Crippen LogP contribution is -2.37. The molecule has 0 radical (unpaired) electrons. The predicted molar refractivity (Wildman–Crippen MR) is 115 cm³/mol. The molecular formula is C21H22ClFN4OS. The highest BCUT2D eigenvalue weighted by Gasteiger charge is 2.21. The van der Waals surface area contributed by atoms with E-state index in [1.54, 1.807) is 34.9 Å². The highest BCUT2D eigenvalue weighted by molar-refractivity contribution is 7.99. The molecule has 0 aliphatic carbocycles. The normalized spacial score (nSPS) is 12.2. The van der Waals surface area contributed by atoms with Gasteiger partial charge >= 0.3 is 0 Å². The summed E-state index contributed by atoms with van der Waals surface area (Å²) in [4.78, 5) is 12.3. The number of hydrogen-bond donors (Lipinski definition) is 1. The van der Waals surface area contributed by atoms with Crippen molar-refractivity contribution in [1.82, 2.24) is 20.1 Å². The van der Waals surface area contributed by atoms with E-state index in [1.807, 2.05) is 32.9 Å². The summed E-state index contributed by atoms with van der Waals surface area (Å²) in [6.45, 7) is 6.05. The van der Waals surface area contributed by atoms with Gasteiger partial charge in [0.1, 0.15) is 5.82 Å². The molecule has 0 saturated carbocycles. The first-order valence-electron chi connectivity index (χ1n) is 9.26. The maximum absolute atomic E-state index is 14.6. The number of carbonyl (C=O) groups excluding carboxylic acids is 1. The van der Waals surface area contributed by atoms with E-state index < -0.39 is 5.82 Å². The molecule has 5 nitrogen and oxygen atoms in total. The zero-order chi connectivity index (χ0) is 21.0. The fraction of sp³-hybridized carbons (Fsp3) is 0.286. The van der Waals surface area contributed by atoms with Gasteiger partial charge in [0.05, 0.1) is 16.5 Å². The van der Waals surface area contributed by atoms with E-state index >= 15 is 0 Å². The maximum atomic E-state index is 14.6. The number of halogens is 2. The van der Waals surface area contributed by atoms with Gasteiger partial charge in [0.25, 0.3) is 0 Å². The summed E-state index contributed by atoms with van der Waals surface area (Å²) < 4.78 is 16.2. The monoisotopic (exact) mass is 432 g/mol. The van der Waals surface area contributed by atoms with Crippen molar-refractivity contribution in [1.29, 1.82) is 0 Å². The molecule has 8 heteroatoms. The number of nitrogens with zero attached hydrogens (tertiary/aromatic N) is 3. The maximum Gasteiger partial charge on any atom is 0.230 e. The summed E-state index contributed by atoms with van der Waals surface area (Å²) in [5, 5.41) is 12.3. The Morgan fingerprint density at radius 3 is 2.52 bits per heavy atom. The van der Waals surface area contributed by atoms with E-state index in [4.69, 9.17) is 11.6 Å². The molecule has 3 rings (SSSR count). The number of nitrogens with one attached hydrogen (secondary N) is 1. The molecule has 1 N–H and O–H groups in total. The van der Waals surface area contributed by atoms with Crippen molar-refractivity contribution in [3.63, 3.8) is 0 Å². The molecule has 0 bridgehead atoms. The lowest BCUT2D eigenvalue weighted by Gasteiger charge is -2.17. The molecule has 2 aromatic carbocycles. The topological polar surface area (TPSA) is 59.8 Å². The van der Waals surface area contributed by atoms with Crippen molar-refractivity contribution in [3.8, 4) is 17.1 Å². The molecular weight excluding hydrogens is 411 g/mol. The van der Waals surface area contributed by atoms with Crippen LogP contribution in [0.25, 0.3) is 17.1 Å². The molecule has 0 spiro atoms. The molecule has 1 heterocycles. The largest absolute Gasteiger partial charge is 0.353 e. The molecule has 0 fully saturated rings. The third kappa shape index (κ3) is 4.97. The van der Waals surface area contributed by atoms with E-state index in [2.05, 4.69) is 15.5 Å². The molecule has 0 aliphatic heterocycles. The molecule has 0 saturated heterocycles. The van der Waals surface area contributed by atoms with Crippen LogP contribution in [0.2, 0.25) is 5.02 Å². The number of para-hydroxylation sites is 1. The van der Waals surface area contributed by atoms with E-state index in [-0.39, 0.29) is 17.7 Å². The van der Waals surface area contributed by atoms with E-state index in [0.29, 0.717) is 33.2 Å². The van der Waals surface area contributed by atoms with Gasteiger partial charge in [-0.05, 0) is 37.1 Å². The van der Waals surface area contributed by atoms with Gasteiger partial charge in [-0.2, -0.15) is 0 Å². The Hall–Kier alpha value is -2.38. The van der Waals surface area contributed by atoms with Crippen LogP contribution in [0, 0.1) is 11.7 Å². The first kappa shape index (κ1) is 21.3. The van der Waals surface area contributed by atoms with Gasteiger partial charge < -0.3 is 5.32 Å². The quantitative estimate of drug-likeness (QED) is 0.535. The Labute approximate surface area is 178 Å². The molecule has 29 heavy (non-hydrogen) atoms. The van der Waals surface area contributed by atoms with Gasteiger partial charge in [-0.25, -0.2) is 4.39 Å². The summed E-state index contributed by atoms with van der Waals surface area (Å²) in [5.74, 6) is 0.363. The van der Waals surface area contributed by atoms with Crippen LogP contribution in [0.5, 0.6) is 0 Å². The number of carbonyl (C=O) groups is 1. The zero-order valence-electron chi connectivity index (χ0n) is 16.4. The van der Waals surface area contributed by atoms with Crippen LogP contribution in [-0.4, -0.2) is 32.5 Å². The van der Waals surface area contributed by atoms with E-state index in [9.17, 15) is 9.18 Å². The smallest absolute Gasteiger partial charge is 0.230 e. The number of thioether (sulfide) groups is 1. The third-order valence-corrected chi connectivity index (χ3v) is 5.82. The lowest BCUT2D eigenvalue weighted by molar-refractivity contribution is -0.119. The average molecular weight is 433 g/mol. The lowest BCUT2D eigenvalue weighted by atomic mass is 10.1. The predicted octanol–water partition coefficient (Wildman–Crippen LogP) is 4.98. The first-order chi connectivity index (χ1) is 13.9.